The Labute approximate surface area is 108 Å². The highest BCUT2D eigenvalue weighted by atomic mass is 19.3. The summed E-state index contributed by atoms with van der Waals surface area (Å²) in [4.78, 5) is 21.6. The second-order valence-electron chi connectivity index (χ2n) is 3.81. The molecule has 1 aromatic carbocycles. The monoisotopic (exact) mass is 273 g/mol. The molecule has 7 heteroatoms. The van der Waals surface area contributed by atoms with Gasteiger partial charge in [-0.15, -0.1) is 0 Å². The Morgan fingerprint density at radius 1 is 1.42 bits per heavy atom. The van der Waals surface area contributed by atoms with Crippen LogP contribution in [0.5, 0.6) is 5.75 Å². The van der Waals surface area contributed by atoms with Crippen molar-refractivity contribution >= 4 is 11.9 Å². The third-order valence-electron chi connectivity index (χ3n) is 2.27. The minimum Gasteiger partial charge on any atom is -0.481 e. The largest absolute Gasteiger partial charge is 0.481 e. The SMILES string of the molecule is CC(NC(=O)CC(=O)O)c1cccc(OC(F)F)c1. The summed E-state index contributed by atoms with van der Waals surface area (Å²) in [6.45, 7) is -1.31. The second kappa shape index (κ2) is 6.67. The van der Waals surface area contributed by atoms with Crippen LogP contribution >= 0.6 is 0 Å². The quantitative estimate of drug-likeness (QED) is 0.777. The number of carbonyl (C=O) groups is 2. The first-order valence-corrected chi connectivity index (χ1v) is 5.44. The fourth-order valence-corrected chi connectivity index (χ4v) is 1.47. The van der Waals surface area contributed by atoms with Crippen LogP contribution in [0.25, 0.3) is 0 Å². The van der Waals surface area contributed by atoms with Crippen molar-refractivity contribution in [2.45, 2.75) is 26.0 Å². The van der Waals surface area contributed by atoms with E-state index in [0.29, 0.717) is 5.56 Å². The Morgan fingerprint density at radius 3 is 2.68 bits per heavy atom. The number of rotatable bonds is 6. The zero-order valence-corrected chi connectivity index (χ0v) is 10.1. The predicted octanol–water partition coefficient (Wildman–Crippen LogP) is 1.94. The lowest BCUT2D eigenvalue weighted by Crippen LogP contribution is -2.28. The lowest BCUT2D eigenvalue weighted by atomic mass is 10.1. The lowest BCUT2D eigenvalue weighted by Gasteiger charge is -2.15. The summed E-state index contributed by atoms with van der Waals surface area (Å²) in [6.07, 6.45) is -0.641. The van der Waals surface area contributed by atoms with Crippen LogP contribution in [0, 0.1) is 0 Å². The van der Waals surface area contributed by atoms with Gasteiger partial charge >= 0.3 is 12.6 Å². The van der Waals surface area contributed by atoms with Gasteiger partial charge in [0, 0.05) is 0 Å². The van der Waals surface area contributed by atoms with Gasteiger partial charge in [0.15, 0.2) is 0 Å². The summed E-state index contributed by atoms with van der Waals surface area (Å²) in [5.41, 5.74) is 0.539. The molecule has 0 aliphatic heterocycles. The number of nitrogens with one attached hydrogen (secondary N) is 1. The Hall–Kier alpha value is -2.18. The molecule has 1 amide bonds. The van der Waals surface area contributed by atoms with E-state index in [9.17, 15) is 18.4 Å². The van der Waals surface area contributed by atoms with Gasteiger partial charge in [-0.2, -0.15) is 8.78 Å². The second-order valence-corrected chi connectivity index (χ2v) is 3.81. The van der Waals surface area contributed by atoms with E-state index >= 15 is 0 Å². The molecular formula is C12H13F2NO4. The first-order valence-electron chi connectivity index (χ1n) is 5.44. The molecule has 0 fully saturated rings. The maximum Gasteiger partial charge on any atom is 0.387 e. The number of halogens is 2. The summed E-state index contributed by atoms with van der Waals surface area (Å²) in [6, 6.07) is 5.34. The minimum atomic E-state index is -2.92. The summed E-state index contributed by atoms with van der Waals surface area (Å²) in [5, 5.41) is 10.9. The van der Waals surface area contributed by atoms with Crippen molar-refractivity contribution in [2.75, 3.05) is 0 Å². The normalized spacial score (nSPS) is 12.0. The molecule has 104 valence electrons. The number of ether oxygens (including phenoxy) is 1. The van der Waals surface area contributed by atoms with Gasteiger partial charge in [-0.1, -0.05) is 12.1 Å². The number of hydrogen-bond donors (Lipinski definition) is 2. The van der Waals surface area contributed by atoms with E-state index in [1.54, 1.807) is 13.0 Å². The number of benzene rings is 1. The van der Waals surface area contributed by atoms with Gasteiger partial charge in [0.1, 0.15) is 12.2 Å². The van der Waals surface area contributed by atoms with Crippen LogP contribution in [0.4, 0.5) is 8.78 Å². The van der Waals surface area contributed by atoms with Crippen LogP contribution in [0.15, 0.2) is 24.3 Å². The zero-order valence-electron chi connectivity index (χ0n) is 10.1. The molecule has 2 N–H and O–H groups in total. The number of aliphatic carboxylic acids is 1. The molecule has 1 atom stereocenters. The first-order chi connectivity index (χ1) is 8.88. The van der Waals surface area contributed by atoms with E-state index in [2.05, 4.69) is 10.1 Å². The van der Waals surface area contributed by atoms with Crippen LogP contribution in [-0.4, -0.2) is 23.6 Å². The third-order valence-corrected chi connectivity index (χ3v) is 2.27. The molecule has 0 saturated heterocycles. The summed E-state index contributed by atoms with van der Waals surface area (Å²) in [5.74, 6) is -1.91. The fraction of sp³-hybridized carbons (Fsp3) is 0.333. The Morgan fingerprint density at radius 2 is 2.11 bits per heavy atom. The maximum atomic E-state index is 12.0. The number of alkyl halides is 2. The molecule has 19 heavy (non-hydrogen) atoms. The van der Waals surface area contributed by atoms with E-state index in [-0.39, 0.29) is 5.75 Å². The molecule has 0 aromatic heterocycles. The number of hydrogen-bond acceptors (Lipinski definition) is 3. The van der Waals surface area contributed by atoms with Crippen molar-refractivity contribution < 1.29 is 28.2 Å². The molecule has 1 unspecified atom stereocenters. The summed E-state index contributed by atoms with van der Waals surface area (Å²) < 4.78 is 28.3. The number of carbonyl (C=O) groups excluding carboxylic acids is 1. The molecule has 0 heterocycles. The number of amides is 1. The van der Waals surface area contributed by atoms with E-state index in [0.717, 1.165) is 0 Å². The molecule has 0 saturated carbocycles. The Kier molecular flexibility index (Phi) is 5.23. The molecular weight excluding hydrogens is 260 g/mol. The molecule has 5 nitrogen and oxygen atoms in total. The van der Waals surface area contributed by atoms with Gasteiger partial charge in [0.2, 0.25) is 5.91 Å². The molecule has 1 rings (SSSR count). The molecule has 0 spiro atoms. The smallest absolute Gasteiger partial charge is 0.387 e. The minimum absolute atomic E-state index is 0.0215. The molecule has 0 aliphatic carbocycles. The molecule has 0 bridgehead atoms. The van der Waals surface area contributed by atoms with Crippen molar-refractivity contribution in [3.05, 3.63) is 29.8 Å². The highest BCUT2D eigenvalue weighted by Gasteiger charge is 2.13. The van der Waals surface area contributed by atoms with Crippen molar-refractivity contribution in [1.29, 1.82) is 0 Å². The van der Waals surface area contributed by atoms with Crippen molar-refractivity contribution in [3.8, 4) is 5.75 Å². The fourth-order valence-electron chi connectivity index (χ4n) is 1.47. The predicted molar refractivity (Wildman–Crippen MR) is 61.9 cm³/mol. The van der Waals surface area contributed by atoms with Gasteiger partial charge in [-0.25, -0.2) is 0 Å². The van der Waals surface area contributed by atoms with Crippen molar-refractivity contribution in [3.63, 3.8) is 0 Å². The summed E-state index contributed by atoms with van der Waals surface area (Å²) >= 11 is 0. The van der Waals surface area contributed by atoms with Gasteiger partial charge in [-0.3, -0.25) is 9.59 Å². The maximum absolute atomic E-state index is 12.0. The van der Waals surface area contributed by atoms with E-state index in [4.69, 9.17) is 5.11 Å². The summed E-state index contributed by atoms with van der Waals surface area (Å²) in [7, 11) is 0. The lowest BCUT2D eigenvalue weighted by molar-refractivity contribution is -0.140. The topological polar surface area (TPSA) is 75.6 Å². The highest BCUT2D eigenvalue weighted by molar-refractivity contribution is 5.93. The van der Waals surface area contributed by atoms with Gasteiger partial charge in [0.05, 0.1) is 6.04 Å². The van der Waals surface area contributed by atoms with Crippen LogP contribution in [-0.2, 0) is 9.59 Å². The van der Waals surface area contributed by atoms with Crippen LogP contribution in [0.3, 0.4) is 0 Å². The average molecular weight is 273 g/mol. The van der Waals surface area contributed by atoms with Gasteiger partial charge in [0.25, 0.3) is 0 Å². The van der Waals surface area contributed by atoms with Crippen molar-refractivity contribution in [1.82, 2.24) is 5.32 Å². The van der Waals surface area contributed by atoms with Gasteiger partial charge < -0.3 is 15.2 Å². The van der Waals surface area contributed by atoms with Crippen LogP contribution < -0.4 is 10.1 Å². The Bertz CT molecular complexity index is 465. The number of carboxylic acids is 1. The highest BCUT2D eigenvalue weighted by Crippen LogP contribution is 2.20. The Balaban J connectivity index is 2.68. The number of carboxylic acid groups (broad SMARTS) is 1. The van der Waals surface area contributed by atoms with E-state index in [1.807, 2.05) is 0 Å². The molecule has 0 aliphatic rings. The standard InChI is InChI=1S/C12H13F2NO4/c1-7(15-10(16)6-11(17)18)8-3-2-4-9(5-8)19-12(13)14/h2-5,7,12H,6H2,1H3,(H,15,16)(H,17,18). The van der Waals surface area contributed by atoms with Gasteiger partial charge in [-0.05, 0) is 24.6 Å². The van der Waals surface area contributed by atoms with E-state index < -0.39 is 31.0 Å². The molecule has 1 aromatic rings. The van der Waals surface area contributed by atoms with Crippen LogP contribution in [0.2, 0.25) is 0 Å². The van der Waals surface area contributed by atoms with Crippen molar-refractivity contribution in [2.24, 2.45) is 0 Å². The average Bonchev–Trinajstić information content (AvgIpc) is 2.27. The first kappa shape index (κ1) is 14.9. The molecule has 0 radical (unpaired) electrons. The zero-order chi connectivity index (χ0) is 14.4. The van der Waals surface area contributed by atoms with Crippen LogP contribution in [0.1, 0.15) is 24.9 Å². The third kappa shape index (κ3) is 5.33. The van der Waals surface area contributed by atoms with E-state index in [1.165, 1.54) is 18.2 Å².